The lowest BCUT2D eigenvalue weighted by molar-refractivity contribution is -0.138. The van der Waals surface area contributed by atoms with Crippen LogP contribution in [0.4, 0.5) is 0 Å². The van der Waals surface area contributed by atoms with E-state index in [4.69, 9.17) is 5.11 Å². The van der Waals surface area contributed by atoms with Gasteiger partial charge in [-0.2, -0.15) is 0 Å². The molecule has 0 bridgehead atoms. The summed E-state index contributed by atoms with van der Waals surface area (Å²) >= 11 is 0. The third kappa shape index (κ3) is 3.14. The van der Waals surface area contributed by atoms with Crippen molar-refractivity contribution in [2.45, 2.75) is 19.4 Å². The molecule has 104 valence electrons. The molecule has 3 rings (SSSR count). The molecule has 0 saturated heterocycles. The number of rotatable bonds is 6. The van der Waals surface area contributed by atoms with Gasteiger partial charge in [-0.05, 0) is 29.7 Å². The van der Waals surface area contributed by atoms with Crippen molar-refractivity contribution in [2.24, 2.45) is 5.92 Å². The molecule has 1 saturated carbocycles. The minimum absolute atomic E-state index is 0.0969. The topological polar surface area (TPSA) is 53.4 Å². The molecule has 20 heavy (non-hydrogen) atoms. The number of carbonyl (C=O) groups is 1. The fraction of sp³-hybridized carbons (Fsp3) is 0.375. The van der Waals surface area contributed by atoms with E-state index in [1.54, 1.807) is 0 Å². The van der Waals surface area contributed by atoms with Gasteiger partial charge in [0.2, 0.25) is 0 Å². The van der Waals surface area contributed by atoms with Gasteiger partial charge in [-0.25, -0.2) is 0 Å². The molecule has 1 aliphatic rings. The maximum Gasteiger partial charge on any atom is 0.317 e. The summed E-state index contributed by atoms with van der Waals surface area (Å²) in [6.45, 7) is 1.62. The van der Waals surface area contributed by atoms with Crippen molar-refractivity contribution in [3.05, 3.63) is 42.2 Å². The maximum absolute atomic E-state index is 11.0. The molecule has 0 spiro atoms. The molecule has 0 amide bonds. The Labute approximate surface area is 118 Å². The monoisotopic (exact) mass is 270 g/mol. The van der Waals surface area contributed by atoms with Gasteiger partial charge in [-0.3, -0.25) is 14.7 Å². The van der Waals surface area contributed by atoms with Crippen LogP contribution in [-0.4, -0.2) is 34.0 Å². The van der Waals surface area contributed by atoms with Crippen molar-refractivity contribution in [3.8, 4) is 0 Å². The summed E-state index contributed by atoms with van der Waals surface area (Å²) in [5.41, 5.74) is 1.10. The van der Waals surface area contributed by atoms with Gasteiger partial charge >= 0.3 is 5.97 Å². The van der Waals surface area contributed by atoms with E-state index in [2.05, 4.69) is 11.1 Å². The number of pyridine rings is 1. The number of hydrogen-bond acceptors (Lipinski definition) is 3. The predicted octanol–water partition coefficient (Wildman–Crippen LogP) is 2.53. The highest BCUT2D eigenvalue weighted by Crippen LogP contribution is 2.30. The maximum atomic E-state index is 11.0. The zero-order valence-electron chi connectivity index (χ0n) is 11.3. The molecule has 1 aliphatic carbocycles. The quantitative estimate of drug-likeness (QED) is 0.876. The van der Waals surface area contributed by atoms with Gasteiger partial charge in [0.25, 0.3) is 0 Å². The van der Waals surface area contributed by atoms with Crippen molar-refractivity contribution < 1.29 is 9.90 Å². The Morgan fingerprint density at radius 2 is 2.10 bits per heavy atom. The summed E-state index contributed by atoms with van der Waals surface area (Å²) in [5, 5.41) is 11.3. The Morgan fingerprint density at radius 1 is 1.30 bits per heavy atom. The molecule has 1 N–H and O–H groups in total. The smallest absolute Gasteiger partial charge is 0.317 e. The van der Waals surface area contributed by atoms with Gasteiger partial charge in [-0.15, -0.1) is 0 Å². The average molecular weight is 270 g/mol. The first-order chi connectivity index (χ1) is 9.72. The van der Waals surface area contributed by atoms with Gasteiger partial charge in [0.05, 0.1) is 6.54 Å². The number of aliphatic carboxylic acids is 1. The lowest BCUT2D eigenvalue weighted by Gasteiger charge is -2.20. The van der Waals surface area contributed by atoms with Crippen LogP contribution in [0.3, 0.4) is 0 Å². The number of carboxylic acids is 1. The van der Waals surface area contributed by atoms with Crippen LogP contribution >= 0.6 is 0 Å². The van der Waals surface area contributed by atoms with Crippen molar-refractivity contribution in [2.75, 3.05) is 13.1 Å². The highest BCUT2D eigenvalue weighted by Gasteiger charge is 2.25. The molecule has 1 heterocycles. The molecule has 1 fully saturated rings. The van der Waals surface area contributed by atoms with Crippen LogP contribution in [0.25, 0.3) is 10.8 Å². The van der Waals surface area contributed by atoms with Crippen molar-refractivity contribution in [3.63, 3.8) is 0 Å². The second kappa shape index (κ2) is 5.59. The molecular formula is C16H18N2O2. The zero-order valence-corrected chi connectivity index (χ0v) is 11.3. The van der Waals surface area contributed by atoms with Gasteiger partial charge < -0.3 is 5.11 Å². The van der Waals surface area contributed by atoms with Crippen LogP contribution in [0.1, 0.15) is 18.4 Å². The first-order valence-corrected chi connectivity index (χ1v) is 6.98. The SMILES string of the molecule is O=C(O)CN(Cc1cncc2ccccc12)CC1CC1. The molecule has 1 aromatic carbocycles. The van der Waals surface area contributed by atoms with Crippen LogP contribution < -0.4 is 0 Å². The van der Waals surface area contributed by atoms with E-state index in [-0.39, 0.29) is 6.54 Å². The Hall–Kier alpha value is -1.94. The fourth-order valence-corrected chi connectivity index (χ4v) is 2.59. The first kappa shape index (κ1) is 13.1. The summed E-state index contributed by atoms with van der Waals surface area (Å²) < 4.78 is 0. The summed E-state index contributed by atoms with van der Waals surface area (Å²) in [6.07, 6.45) is 6.15. The van der Waals surface area contributed by atoms with Crippen LogP contribution in [0.5, 0.6) is 0 Å². The zero-order chi connectivity index (χ0) is 13.9. The average Bonchev–Trinajstić information content (AvgIpc) is 3.22. The van der Waals surface area contributed by atoms with E-state index in [0.717, 1.165) is 22.9 Å². The molecule has 0 radical (unpaired) electrons. The van der Waals surface area contributed by atoms with Crippen LogP contribution in [-0.2, 0) is 11.3 Å². The van der Waals surface area contributed by atoms with Gasteiger partial charge in [0, 0.05) is 30.9 Å². The molecule has 0 atom stereocenters. The number of carboxylic acid groups (broad SMARTS) is 1. The molecule has 1 aromatic heterocycles. The van der Waals surface area contributed by atoms with Gasteiger partial charge in [-0.1, -0.05) is 24.3 Å². The highest BCUT2D eigenvalue weighted by atomic mass is 16.4. The standard InChI is InChI=1S/C16H18N2O2/c19-16(20)11-18(9-12-5-6-12)10-14-8-17-7-13-3-1-2-4-15(13)14/h1-4,7-8,12H,5-6,9-11H2,(H,19,20). The van der Waals surface area contributed by atoms with Gasteiger partial charge in [0.15, 0.2) is 0 Å². The van der Waals surface area contributed by atoms with E-state index in [0.29, 0.717) is 12.5 Å². The highest BCUT2D eigenvalue weighted by molar-refractivity contribution is 5.84. The Bertz CT molecular complexity index is 617. The van der Waals surface area contributed by atoms with E-state index >= 15 is 0 Å². The number of hydrogen-bond donors (Lipinski definition) is 1. The van der Waals surface area contributed by atoms with Crippen LogP contribution in [0.2, 0.25) is 0 Å². The van der Waals surface area contributed by atoms with E-state index < -0.39 is 5.97 Å². The predicted molar refractivity (Wildman–Crippen MR) is 77.4 cm³/mol. The van der Waals surface area contributed by atoms with Gasteiger partial charge in [0.1, 0.15) is 0 Å². The second-order valence-electron chi connectivity index (χ2n) is 5.53. The number of benzene rings is 1. The Morgan fingerprint density at radius 3 is 2.85 bits per heavy atom. The first-order valence-electron chi connectivity index (χ1n) is 6.98. The van der Waals surface area contributed by atoms with Crippen molar-refractivity contribution in [1.29, 1.82) is 0 Å². The largest absolute Gasteiger partial charge is 0.480 e. The lowest BCUT2D eigenvalue weighted by Crippen LogP contribution is -2.31. The van der Waals surface area contributed by atoms with Crippen molar-refractivity contribution >= 4 is 16.7 Å². The molecule has 0 aliphatic heterocycles. The Balaban J connectivity index is 1.83. The normalized spacial score (nSPS) is 14.8. The minimum Gasteiger partial charge on any atom is -0.480 e. The molecule has 2 aromatic rings. The van der Waals surface area contributed by atoms with E-state index in [1.165, 1.54) is 12.8 Å². The summed E-state index contributed by atoms with van der Waals surface area (Å²) in [4.78, 5) is 17.3. The lowest BCUT2D eigenvalue weighted by atomic mass is 10.1. The fourth-order valence-electron chi connectivity index (χ4n) is 2.59. The third-order valence-electron chi connectivity index (χ3n) is 3.72. The van der Waals surface area contributed by atoms with Crippen LogP contribution in [0.15, 0.2) is 36.7 Å². The molecule has 4 nitrogen and oxygen atoms in total. The number of fused-ring (bicyclic) bond motifs is 1. The summed E-state index contributed by atoms with van der Waals surface area (Å²) in [6, 6.07) is 8.11. The van der Waals surface area contributed by atoms with Crippen molar-refractivity contribution in [1.82, 2.24) is 9.88 Å². The van der Waals surface area contributed by atoms with E-state index in [1.807, 2.05) is 35.5 Å². The summed E-state index contributed by atoms with van der Waals surface area (Å²) in [5.74, 6) is -0.0869. The molecule has 0 unspecified atom stereocenters. The number of nitrogens with zero attached hydrogens (tertiary/aromatic N) is 2. The minimum atomic E-state index is -0.765. The third-order valence-corrected chi connectivity index (χ3v) is 3.72. The molecule has 4 heteroatoms. The Kier molecular flexibility index (Phi) is 3.65. The second-order valence-corrected chi connectivity index (χ2v) is 5.53. The summed E-state index contributed by atoms with van der Waals surface area (Å²) in [7, 11) is 0. The molecular weight excluding hydrogens is 252 g/mol. The van der Waals surface area contributed by atoms with E-state index in [9.17, 15) is 4.79 Å². The van der Waals surface area contributed by atoms with Crippen LogP contribution in [0, 0.1) is 5.92 Å². The number of aromatic nitrogens is 1.